The molecule has 0 aromatic heterocycles. The van der Waals surface area contributed by atoms with Crippen molar-refractivity contribution in [1.82, 2.24) is 0 Å². The number of sulfone groups is 1. The lowest BCUT2D eigenvalue weighted by Crippen LogP contribution is -2.05. The van der Waals surface area contributed by atoms with Gasteiger partial charge in [-0.25, -0.2) is 8.42 Å². The Morgan fingerprint density at radius 3 is 1.89 bits per heavy atom. The molecule has 0 aliphatic carbocycles. The molecule has 0 bridgehead atoms. The van der Waals surface area contributed by atoms with E-state index in [2.05, 4.69) is 0 Å². The summed E-state index contributed by atoms with van der Waals surface area (Å²) in [5, 5.41) is 0. The van der Waals surface area contributed by atoms with Gasteiger partial charge in [0.15, 0.2) is 6.29 Å². The van der Waals surface area contributed by atoms with Crippen molar-refractivity contribution in [1.29, 1.82) is 0 Å². The minimum atomic E-state index is -3.76. The maximum atomic E-state index is 12.3. The molecule has 0 N–H and O–H groups in total. The van der Waals surface area contributed by atoms with E-state index in [0.717, 1.165) is 0 Å². The van der Waals surface area contributed by atoms with Gasteiger partial charge < -0.3 is 0 Å². The molecule has 0 aliphatic heterocycles. The lowest BCUT2D eigenvalue weighted by Gasteiger charge is -2.03. The fraction of sp³-hybridized carbons (Fsp3) is 0. The molecule has 0 fully saturated rings. The molecule has 0 aliphatic rings. The largest absolute Gasteiger partial charge is 0.297 e. The summed E-state index contributed by atoms with van der Waals surface area (Å²) in [6, 6.07) is 16.8. The minimum absolute atomic E-state index is 0.115. The van der Waals surface area contributed by atoms with E-state index < -0.39 is 9.84 Å². The van der Waals surface area contributed by atoms with Crippen LogP contribution >= 0.6 is 0 Å². The fourth-order valence-electron chi connectivity index (χ4n) is 1.62. The zero-order valence-electron chi connectivity index (χ0n) is 10.1. The summed E-state index contributed by atoms with van der Waals surface area (Å²) in [5.41, 5.74) is 0.670. The first-order valence-electron chi connectivity index (χ1n) is 5.66. The van der Waals surface area contributed by atoms with Crippen LogP contribution in [0.1, 0.15) is 5.56 Å². The first-order valence-corrected chi connectivity index (χ1v) is 7.15. The maximum Gasteiger partial charge on any atom is 0.209 e. The zero-order valence-corrected chi connectivity index (χ0v) is 10.9. The molecule has 0 saturated carbocycles. The summed E-state index contributed by atoms with van der Waals surface area (Å²) < 4.78 is 24.5. The first kappa shape index (κ1) is 13.2. The Balaban J connectivity index is 2.49. The Kier molecular flexibility index (Phi) is 3.92. The Bertz CT molecular complexity index is 687. The maximum absolute atomic E-state index is 12.3. The molecule has 0 atom stereocenters. The van der Waals surface area contributed by atoms with Crippen LogP contribution in [0, 0.1) is 0 Å². The van der Waals surface area contributed by atoms with E-state index in [1.807, 2.05) is 6.07 Å². The number of benzene rings is 2. The van der Waals surface area contributed by atoms with Gasteiger partial charge in [0.1, 0.15) is 4.91 Å². The summed E-state index contributed by atoms with van der Waals surface area (Å²) in [6.45, 7) is 0. The van der Waals surface area contributed by atoms with Crippen molar-refractivity contribution in [3.05, 3.63) is 71.1 Å². The number of rotatable bonds is 4. The van der Waals surface area contributed by atoms with Crippen molar-refractivity contribution in [3.63, 3.8) is 0 Å². The molecule has 0 heterocycles. The highest BCUT2D eigenvalue weighted by atomic mass is 32.2. The molecule has 2 aromatic rings. The van der Waals surface area contributed by atoms with Gasteiger partial charge >= 0.3 is 0 Å². The highest BCUT2D eigenvalue weighted by molar-refractivity contribution is 7.96. The van der Waals surface area contributed by atoms with Crippen molar-refractivity contribution in [2.75, 3.05) is 0 Å². The van der Waals surface area contributed by atoms with Crippen molar-refractivity contribution >= 4 is 22.2 Å². The van der Waals surface area contributed by atoms with Gasteiger partial charge in [0, 0.05) is 0 Å². The van der Waals surface area contributed by atoms with Gasteiger partial charge in [-0.15, -0.1) is 0 Å². The summed E-state index contributed by atoms with van der Waals surface area (Å²) in [6.07, 6.45) is 1.74. The Morgan fingerprint density at radius 2 is 1.37 bits per heavy atom. The van der Waals surface area contributed by atoms with Crippen LogP contribution in [0.2, 0.25) is 0 Å². The summed E-state index contributed by atoms with van der Waals surface area (Å²) in [5.74, 6) is 0. The van der Waals surface area contributed by atoms with E-state index >= 15 is 0 Å². The standard InChI is InChI=1S/C15H12O3S/c16-12-15(11-13-7-3-1-4-8-13)19(17,18)14-9-5-2-6-10-14/h1-12H/b15-11+. The van der Waals surface area contributed by atoms with Crippen LogP contribution in [0.25, 0.3) is 6.08 Å². The van der Waals surface area contributed by atoms with Gasteiger partial charge in [-0.05, 0) is 23.8 Å². The number of aldehydes is 1. The average molecular weight is 272 g/mol. The van der Waals surface area contributed by atoms with Crippen LogP contribution in [0.15, 0.2) is 70.5 Å². The van der Waals surface area contributed by atoms with E-state index in [1.165, 1.54) is 18.2 Å². The normalized spacial score (nSPS) is 12.1. The molecule has 2 rings (SSSR count). The zero-order chi connectivity index (χ0) is 13.7. The van der Waals surface area contributed by atoms with Gasteiger partial charge in [-0.2, -0.15) is 0 Å². The van der Waals surface area contributed by atoms with E-state index in [-0.39, 0.29) is 9.80 Å². The number of hydrogen-bond acceptors (Lipinski definition) is 3. The molecule has 0 spiro atoms. The first-order chi connectivity index (χ1) is 9.14. The topological polar surface area (TPSA) is 51.2 Å². The number of hydrogen-bond donors (Lipinski definition) is 0. The van der Waals surface area contributed by atoms with Crippen molar-refractivity contribution in [3.8, 4) is 0 Å². The molecule has 4 heteroatoms. The van der Waals surface area contributed by atoms with Gasteiger partial charge in [0.2, 0.25) is 9.84 Å². The number of carbonyl (C=O) groups excluding carboxylic acids is 1. The third-order valence-electron chi connectivity index (χ3n) is 2.59. The summed E-state index contributed by atoms with van der Waals surface area (Å²) >= 11 is 0. The summed E-state index contributed by atoms with van der Waals surface area (Å²) in [4.78, 5) is 11.0. The molecule has 0 unspecified atom stereocenters. The molecular weight excluding hydrogens is 260 g/mol. The van der Waals surface area contributed by atoms with Crippen molar-refractivity contribution in [2.45, 2.75) is 4.90 Å². The van der Waals surface area contributed by atoms with Crippen molar-refractivity contribution in [2.24, 2.45) is 0 Å². The van der Waals surface area contributed by atoms with Gasteiger partial charge in [-0.1, -0.05) is 48.5 Å². The molecule has 0 radical (unpaired) electrons. The van der Waals surface area contributed by atoms with Crippen molar-refractivity contribution < 1.29 is 13.2 Å². The lowest BCUT2D eigenvalue weighted by atomic mass is 10.2. The third kappa shape index (κ3) is 2.98. The molecule has 0 saturated heterocycles. The molecule has 0 amide bonds. The SMILES string of the molecule is O=C/C(=C\c1ccccc1)S(=O)(=O)c1ccccc1. The molecular formula is C15H12O3S. The van der Waals surface area contributed by atoms with Crippen LogP contribution in [0.5, 0.6) is 0 Å². The second kappa shape index (κ2) is 5.63. The van der Waals surface area contributed by atoms with E-state index in [9.17, 15) is 13.2 Å². The van der Waals surface area contributed by atoms with Gasteiger partial charge in [0.05, 0.1) is 4.90 Å². The third-order valence-corrected chi connectivity index (χ3v) is 4.32. The van der Waals surface area contributed by atoms with Crippen LogP contribution in [0.3, 0.4) is 0 Å². The number of allylic oxidation sites excluding steroid dienone is 1. The Labute approximate surface area is 112 Å². The Hall–Kier alpha value is -2.20. The Morgan fingerprint density at radius 1 is 0.842 bits per heavy atom. The molecule has 19 heavy (non-hydrogen) atoms. The van der Waals surface area contributed by atoms with Crippen LogP contribution in [-0.2, 0) is 14.6 Å². The minimum Gasteiger partial charge on any atom is -0.297 e. The van der Waals surface area contributed by atoms with Crippen LogP contribution in [0.4, 0.5) is 0 Å². The van der Waals surface area contributed by atoms with Gasteiger partial charge in [0.25, 0.3) is 0 Å². The second-order valence-corrected chi connectivity index (χ2v) is 5.84. The van der Waals surface area contributed by atoms with E-state index in [0.29, 0.717) is 11.8 Å². The van der Waals surface area contributed by atoms with Crippen LogP contribution < -0.4 is 0 Å². The fourth-order valence-corrected chi connectivity index (χ4v) is 2.83. The van der Waals surface area contributed by atoms with Gasteiger partial charge in [-0.3, -0.25) is 4.79 Å². The second-order valence-electron chi connectivity index (χ2n) is 3.89. The lowest BCUT2D eigenvalue weighted by molar-refractivity contribution is -0.104. The molecule has 96 valence electrons. The van der Waals surface area contributed by atoms with E-state index in [1.54, 1.807) is 42.5 Å². The highest BCUT2D eigenvalue weighted by Crippen LogP contribution is 2.19. The summed E-state index contributed by atoms with van der Waals surface area (Å²) in [7, 11) is -3.76. The average Bonchev–Trinajstić information content (AvgIpc) is 2.46. The quantitative estimate of drug-likeness (QED) is 0.635. The monoisotopic (exact) mass is 272 g/mol. The number of carbonyl (C=O) groups is 1. The molecule has 3 nitrogen and oxygen atoms in total. The van der Waals surface area contributed by atoms with Crippen LogP contribution in [-0.4, -0.2) is 14.7 Å². The van der Waals surface area contributed by atoms with E-state index in [4.69, 9.17) is 0 Å². The molecule has 2 aromatic carbocycles. The predicted molar refractivity (Wildman–Crippen MR) is 74.1 cm³/mol. The predicted octanol–water partition coefficient (Wildman–Crippen LogP) is 2.70. The highest BCUT2D eigenvalue weighted by Gasteiger charge is 2.19. The smallest absolute Gasteiger partial charge is 0.209 e.